The highest BCUT2D eigenvalue weighted by Crippen LogP contribution is 2.35. The van der Waals surface area contributed by atoms with Crippen LogP contribution in [0.1, 0.15) is 86.3 Å². The Hall–Kier alpha value is -9.40. The molecule has 5 amide bonds. The van der Waals surface area contributed by atoms with E-state index in [1.54, 1.807) is 84.9 Å². The van der Waals surface area contributed by atoms with Crippen molar-refractivity contribution in [2.75, 3.05) is 68.2 Å². The Balaban J connectivity index is 1.23. The highest BCUT2D eigenvalue weighted by atomic mass is 19.1. The first-order chi connectivity index (χ1) is 43.1. The van der Waals surface area contributed by atoms with Crippen molar-refractivity contribution < 1.29 is 76.3 Å². The molecule has 2 N–H and O–H groups in total. The second-order valence-corrected chi connectivity index (χ2v) is 23.3. The molecule has 1 saturated heterocycles. The minimum Gasteiger partial charge on any atom is -0.508 e. The maximum absolute atomic E-state index is 17.2. The number of rotatable bonds is 11. The number of ketones is 2. The molecule has 5 aromatic carbocycles. The number of hydrogen-bond donors (Lipinski definition) is 2. The number of hydrogen-bond acceptors (Lipinski definition) is 15. The number of esters is 2. The molecule has 0 aromatic heterocycles. The lowest BCUT2D eigenvalue weighted by atomic mass is 9.87. The van der Waals surface area contributed by atoms with Crippen LogP contribution >= 0.6 is 0 Å². The second kappa shape index (κ2) is 32.2. The van der Waals surface area contributed by atoms with Crippen LogP contribution in [0.3, 0.4) is 0 Å². The zero-order valence-electron chi connectivity index (χ0n) is 52.0. The van der Waals surface area contributed by atoms with Crippen LogP contribution < -0.4 is 19.5 Å². The zero-order valence-corrected chi connectivity index (χ0v) is 52.0. The fourth-order valence-corrected chi connectivity index (χ4v) is 10.9. The van der Waals surface area contributed by atoms with Gasteiger partial charge in [-0.05, 0) is 118 Å². The number of nitrogens with one attached hydrogen (secondary N) is 1. The number of nitrogens with zero attached hydrogens (tertiary/aromatic N) is 4. The molecular formula is C69H80FN5O15. The number of amides is 5. The number of aryl methyl sites for hydroxylation is 1. The number of carbonyl (C=O) groups is 9. The lowest BCUT2D eigenvalue weighted by molar-refractivity contribution is -0.165. The van der Waals surface area contributed by atoms with Crippen LogP contribution in [0.25, 0.3) is 0 Å². The van der Waals surface area contributed by atoms with Gasteiger partial charge in [0, 0.05) is 64.6 Å². The summed E-state index contributed by atoms with van der Waals surface area (Å²) in [5.74, 6) is -8.28. The smallest absolute Gasteiger partial charge is 0.330 e. The number of methoxy groups -OCH3 is 2. The monoisotopic (exact) mass is 1240 g/mol. The van der Waals surface area contributed by atoms with Gasteiger partial charge in [0.2, 0.25) is 23.5 Å². The molecule has 478 valence electrons. The number of phenolic OH excluding ortho intramolecular Hbond substituents is 1. The van der Waals surface area contributed by atoms with Crippen LogP contribution in [-0.4, -0.2) is 164 Å². The molecule has 2 heterocycles. The molecule has 5 atom stereocenters. The highest BCUT2D eigenvalue weighted by Gasteiger charge is 2.43. The number of halogens is 1. The van der Waals surface area contributed by atoms with E-state index < -0.39 is 126 Å². The van der Waals surface area contributed by atoms with E-state index in [4.69, 9.17) is 23.7 Å². The van der Waals surface area contributed by atoms with Gasteiger partial charge in [0.15, 0.2) is 35.5 Å². The largest absolute Gasteiger partial charge is 0.508 e. The maximum Gasteiger partial charge on any atom is 0.330 e. The van der Waals surface area contributed by atoms with Gasteiger partial charge in [0.1, 0.15) is 30.5 Å². The van der Waals surface area contributed by atoms with Gasteiger partial charge in [-0.15, -0.1) is 0 Å². The number of benzene rings is 5. The summed E-state index contributed by atoms with van der Waals surface area (Å²) in [6, 6.07) is 29.7. The average molecular weight is 1240 g/mol. The number of ether oxygens (including phenoxy) is 5. The van der Waals surface area contributed by atoms with E-state index in [2.05, 4.69) is 5.32 Å². The minimum absolute atomic E-state index is 0.0147. The summed E-state index contributed by atoms with van der Waals surface area (Å²) >= 11 is 0. The summed E-state index contributed by atoms with van der Waals surface area (Å²) in [6.45, 7) is 1.17. The quantitative estimate of drug-likeness (QED) is 0.0985. The van der Waals surface area contributed by atoms with Gasteiger partial charge in [0.25, 0.3) is 11.8 Å². The van der Waals surface area contributed by atoms with E-state index in [9.17, 15) is 48.3 Å². The first kappa shape index (κ1) is 68.1. The van der Waals surface area contributed by atoms with Crippen LogP contribution in [0, 0.1) is 17.2 Å². The third-order valence-corrected chi connectivity index (χ3v) is 16.2. The van der Waals surface area contributed by atoms with Crippen molar-refractivity contribution in [3.63, 3.8) is 0 Å². The minimum atomic E-state index is -1.56. The van der Waals surface area contributed by atoms with E-state index in [1.807, 2.05) is 6.07 Å². The number of fused-ring (bicyclic) bond motifs is 3. The second-order valence-electron chi connectivity index (χ2n) is 23.3. The molecule has 0 unspecified atom stereocenters. The molecule has 2 bridgehead atoms. The van der Waals surface area contributed by atoms with Crippen LogP contribution in [0.15, 0.2) is 133 Å². The number of aromatic hydroxyl groups is 1. The lowest BCUT2D eigenvalue weighted by Crippen LogP contribution is -2.53. The normalized spacial score (nSPS) is 21.1. The van der Waals surface area contributed by atoms with Gasteiger partial charge in [-0.25, -0.2) is 14.0 Å². The molecule has 0 radical (unpaired) electrons. The molecule has 1 fully saturated rings. The van der Waals surface area contributed by atoms with Gasteiger partial charge in [-0.3, -0.25) is 33.6 Å². The molecule has 5 aromatic rings. The van der Waals surface area contributed by atoms with Crippen molar-refractivity contribution >= 4 is 53.0 Å². The van der Waals surface area contributed by atoms with E-state index in [0.29, 0.717) is 41.0 Å². The summed E-state index contributed by atoms with van der Waals surface area (Å²) < 4.78 is 45.8. The Labute approximate surface area is 524 Å². The first-order valence-electron chi connectivity index (χ1n) is 30.0. The Morgan fingerprint density at radius 1 is 0.700 bits per heavy atom. The predicted molar refractivity (Wildman–Crippen MR) is 330 cm³/mol. The van der Waals surface area contributed by atoms with Crippen LogP contribution in [0.5, 0.6) is 23.0 Å². The molecule has 90 heavy (non-hydrogen) atoms. The maximum atomic E-state index is 17.2. The lowest BCUT2D eigenvalue weighted by Gasteiger charge is -2.36. The van der Waals surface area contributed by atoms with Gasteiger partial charge in [0.05, 0.1) is 32.2 Å². The van der Waals surface area contributed by atoms with E-state index >= 15 is 4.39 Å². The zero-order chi connectivity index (χ0) is 65.1. The number of cyclic esters (lactones) is 2. The topological polar surface area (TPSA) is 245 Å². The van der Waals surface area contributed by atoms with Crippen LogP contribution in [0.4, 0.5) is 4.39 Å². The molecule has 20 nitrogen and oxygen atoms in total. The molecular weight excluding hydrogens is 1160 g/mol. The third-order valence-electron chi connectivity index (χ3n) is 16.2. The van der Waals surface area contributed by atoms with Gasteiger partial charge in [-0.1, -0.05) is 97.1 Å². The van der Waals surface area contributed by atoms with Crippen molar-refractivity contribution in [2.45, 2.75) is 102 Å². The number of piperidine rings is 1. The average Bonchev–Trinajstić information content (AvgIpc) is 2.26. The highest BCUT2D eigenvalue weighted by molar-refractivity contribution is 6.38. The number of Topliss-reactive ketones (excluding diaryl/α,β-unsaturated/α-hetero) is 2. The van der Waals surface area contributed by atoms with E-state index in [1.165, 1.54) is 95.4 Å². The SMILES string of the molecule is COc1ccc(CC[C@H]2OC(=O)[C@@H]3CCCCN3C(=O)C(=O)C(C)(C)COC(=O)C=CCCN(C)C(=O)[C@@H](Cc3ccccc3)NC(=O)CN(C)C(=O)[C@@H](Cc3ccccc3)CC(=O)[C@H](Cc3ccc(O)cc3)N(C)C(=O)COc3cccc2c3F)cc1OC. The van der Waals surface area contributed by atoms with Gasteiger partial charge in [-0.2, -0.15) is 0 Å². The molecule has 0 saturated carbocycles. The molecule has 7 rings (SSSR count). The fourth-order valence-electron chi connectivity index (χ4n) is 10.9. The van der Waals surface area contributed by atoms with E-state index in [0.717, 1.165) is 21.4 Å². The van der Waals surface area contributed by atoms with Crippen molar-refractivity contribution in [2.24, 2.45) is 11.3 Å². The summed E-state index contributed by atoms with van der Waals surface area (Å²) in [6.07, 6.45) is 2.35. The van der Waals surface area contributed by atoms with E-state index in [-0.39, 0.29) is 69.3 Å². The number of likely N-dealkylation sites (N-methyl/N-ethyl adjacent to an activating group) is 3. The van der Waals surface area contributed by atoms with Crippen molar-refractivity contribution in [1.82, 2.24) is 24.9 Å². The summed E-state index contributed by atoms with van der Waals surface area (Å²) in [7, 11) is 7.30. The molecule has 21 heteroatoms. The molecule has 2 aliphatic heterocycles. The Kier molecular flexibility index (Phi) is 24.4. The Morgan fingerprint density at radius 3 is 2.03 bits per heavy atom. The van der Waals surface area contributed by atoms with Gasteiger partial charge >= 0.3 is 11.9 Å². The summed E-state index contributed by atoms with van der Waals surface area (Å²) in [5, 5.41) is 13.0. The summed E-state index contributed by atoms with van der Waals surface area (Å²) in [4.78, 5) is 133. The standard InChI is InChI=1S/C69H80FN5O15/c1-69(2)44-89-62(80)26-15-16-35-72(3)66(83)52(38-46-21-12-9-13-22-46)71-60(78)42-73(4)65(82)49(37-45-19-10-8-11-20-45)41-55(77)54(39-47-27-31-50(76)32-28-47)74(5)61(79)43-88-58-25-18-23-51(63(58)70)56(33-29-48-30-34-57(86-6)59(40-48)87-7)90-68(85)53-24-14-17-36-75(53)67(84)64(69)81/h8-13,15,18-23,25-28,30-32,34,40,49,52-54,56,76H,14,16-17,24,29,33,35-39,41-44H2,1-7H3,(H,71,78)/t49-,52+,53-,54-,56+/m0/s1. The molecule has 0 spiro atoms. The first-order valence-corrected chi connectivity index (χ1v) is 30.0. The number of carbonyl (C=O) groups excluding carboxylic acids is 9. The molecule has 0 aliphatic carbocycles. The Morgan fingerprint density at radius 2 is 1.36 bits per heavy atom. The number of phenols is 1. The van der Waals surface area contributed by atoms with Crippen LogP contribution in [0.2, 0.25) is 0 Å². The third kappa shape index (κ3) is 18.6. The van der Waals surface area contributed by atoms with Gasteiger partial charge < -0.3 is 53.7 Å². The summed E-state index contributed by atoms with van der Waals surface area (Å²) in [5.41, 5.74) is 1.00. The predicted octanol–water partition coefficient (Wildman–Crippen LogP) is 7.16. The fraction of sp³-hybridized carbons (Fsp3) is 0.406. The molecule has 2 aliphatic rings. The Bertz CT molecular complexity index is 3380. The van der Waals surface area contributed by atoms with Crippen LogP contribution in [-0.2, 0) is 78.3 Å². The van der Waals surface area contributed by atoms with Crippen molar-refractivity contribution in [3.05, 3.63) is 167 Å². The van der Waals surface area contributed by atoms with Crippen molar-refractivity contribution in [3.8, 4) is 23.0 Å². The van der Waals surface area contributed by atoms with Crippen molar-refractivity contribution in [1.29, 1.82) is 0 Å².